The van der Waals surface area contributed by atoms with Gasteiger partial charge in [0.2, 0.25) is 0 Å². The van der Waals surface area contributed by atoms with E-state index in [0.29, 0.717) is 17.0 Å². The van der Waals surface area contributed by atoms with E-state index in [1.807, 2.05) is 6.92 Å². The van der Waals surface area contributed by atoms with Crippen molar-refractivity contribution in [3.63, 3.8) is 0 Å². The van der Waals surface area contributed by atoms with E-state index >= 15 is 0 Å². The molecule has 3 aromatic carbocycles. The Bertz CT molecular complexity index is 1160. The molecule has 150 valence electrons. The molecule has 0 radical (unpaired) electrons. The SMILES string of the molecule is COc1ccccc1NC(=O)c1ccccc1NS(=O)(=O)c1ccc(C)cc1C. The number of benzene rings is 3. The minimum atomic E-state index is -3.86. The van der Waals surface area contributed by atoms with Crippen molar-refractivity contribution in [3.8, 4) is 5.75 Å². The second kappa shape index (κ2) is 8.36. The van der Waals surface area contributed by atoms with Crippen LogP contribution in [0.15, 0.2) is 71.6 Å². The summed E-state index contributed by atoms with van der Waals surface area (Å²) >= 11 is 0. The summed E-state index contributed by atoms with van der Waals surface area (Å²) in [7, 11) is -2.35. The first-order valence-electron chi connectivity index (χ1n) is 8.95. The van der Waals surface area contributed by atoms with Crippen LogP contribution in [-0.4, -0.2) is 21.4 Å². The Balaban J connectivity index is 1.92. The maximum atomic E-state index is 12.9. The van der Waals surface area contributed by atoms with Crippen molar-refractivity contribution in [3.05, 3.63) is 83.4 Å². The van der Waals surface area contributed by atoms with Gasteiger partial charge in [-0.25, -0.2) is 8.42 Å². The molecule has 3 rings (SSSR count). The maximum absolute atomic E-state index is 12.9. The molecule has 0 heterocycles. The van der Waals surface area contributed by atoms with Gasteiger partial charge in [-0.2, -0.15) is 0 Å². The standard InChI is InChI=1S/C22H22N2O4S/c1-15-12-13-21(16(2)14-15)29(26,27)24-18-9-5-4-8-17(18)22(25)23-19-10-6-7-11-20(19)28-3/h4-14,24H,1-3H3,(H,23,25). The van der Waals surface area contributed by atoms with E-state index < -0.39 is 15.9 Å². The third-order valence-corrected chi connectivity index (χ3v) is 5.92. The molecule has 0 bridgehead atoms. The van der Waals surface area contributed by atoms with Gasteiger partial charge in [0, 0.05) is 0 Å². The summed E-state index contributed by atoms with van der Waals surface area (Å²) in [6.07, 6.45) is 0. The quantitative estimate of drug-likeness (QED) is 0.632. The Hall–Kier alpha value is -3.32. The van der Waals surface area contributed by atoms with Gasteiger partial charge in [0.25, 0.3) is 15.9 Å². The average Bonchev–Trinajstić information content (AvgIpc) is 2.68. The van der Waals surface area contributed by atoms with Gasteiger partial charge >= 0.3 is 0 Å². The fourth-order valence-corrected chi connectivity index (χ4v) is 4.32. The Morgan fingerprint density at radius 1 is 0.897 bits per heavy atom. The Kier molecular flexibility index (Phi) is 5.89. The molecule has 1 amide bonds. The molecule has 29 heavy (non-hydrogen) atoms. The predicted octanol–water partition coefficient (Wildman–Crippen LogP) is 4.37. The summed E-state index contributed by atoms with van der Waals surface area (Å²) in [6.45, 7) is 3.64. The molecule has 0 atom stereocenters. The minimum absolute atomic E-state index is 0.169. The Morgan fingerprint density at radius 3 is 2.24 bits per heavy atom. The topological polar surface area (TPSA) is 84.5 Å². The number of aryl methyl sites for hydroxylation is 2. The summed E-state index contributed by atoms with van der Waals surface area (Å²) in [4.78, 5) is 13.0. The van der Waals surface area contributed by atoms with Crippen molar-refractivity contribution in [2.24, 2.45) is 0 Å². The number of carbonyl (C=O) groups is 1. The first-order chi connectivity index (χ1) is 13.8. The molecule has 0 spiro atoms. The summed E-state index contributed by atoms with van der Waals surface area (Å²) in [5.41, 5.74) is 2.49. The van der Waals surface area contributed by atoms with Crippen LogP contribution in [-0.2, 0) is 10.0 Å². The van der Waals surface area contributed by atoms with Crippen molar-refractivity contribution in [2.45, 2.75) is 18.7 Å². The van der Waals surface area contributed by atoms with Crippen LogP contribution in [0.5, 0.6) is 5.75 Å². The van der Waals surface area contributed by atoms with Gasteiger partial charge in [-0.05, 0) is 49.7 Å². The lowest BCUT2D eigenvalue weighted by Crippen LogP contribution is -2.19. The lowest BCUT2D eigenvalue weighted by Gasteiger charge is -2.15. The summed E-state index contributed by atoms with van der Waals surface area (Å²) < 4.78 is 33.6. The molecule has 0 saturated carbocycles. The molecule has 0 aliphatic rings. The van der Waals surface area contributed by atoms with Gasteiger partial charge in [0.1, 0.15) is 5.75 Å². The second-order valence-electron chi connectivity index (χ2n) is 6.57. The van der Waals surface area contributed by atoms with Gasteiger partial charge < -0.3 is 10.1 Å². The monoisotopic (exact) mass is 410 g/mol. The number of sulfonamides is 1. The molecule has 0 unspecified atom stereocenters. The van der Waals surface area contributed by atoms with Crippen molar-refractivity contribution < 1.29 is 17.9 Å². The van der Waals surface area contributed by atoms with E-state index in [1.54, 1.807) is 73.7 Å². The highest BCUT2D eigenvalue weighted by Gasteiger charge is 2.21. The molecule has 7 heteroatoms. The van der Waals surface area contributed by atoms with Gasteiger partial charge in [0.15, 0.2) is 0 Å². The van der Waals surface area contributed by atoms with E-state index in [-0.39, 0.29) is 16.1 Å². The lowest BCUT2D eigenvalue weighted by atomic mass is 10.1. The summed E-state index contributed by atoms with van der Waals surface area (Å²) in [5, 5.41) is 2.76. The molecule has 0 aliphatic carbocycles. The maximum Gasteiger partial charge on any atom is 0.262 e. The van der Waals surface area contributed by atoms with Crippen LogP contribution in [0.25, 0.3) is 0 Å². The van der Waals surface area contributed by atoms with E-state index in [0.717, 1.165) is 5.56 Å². The van der Waals surface area contributed by atoms with Crippen molar-refractivity contribution in [1.82, 2.24) is 0 Å². The molecular formula is C22H22N2O4S. The Morgan fingerprint density at radius 2 is 1.55 bits per heavy atom. The number of anilines is 2. The summed E-state index contributed by atoms with van der Waals surface area (Å²) in [6, 6.07) is 18.5. The largest absolute Gasteiger partial charge is 0.495 e. The van der Waals surface area contributed by atoms with Crippen LogP contribution in [0.4, 0.5) is 11.4 Å². The van der Waals surface area contributed by atoms with Gasteiger partial charge in [0.05, 0.1) is 28.9 Å². The molecule has 6 nitrogen and oxygen atoms in total. The number of rotatable bonds is 6. The zero-order valence-corrected chi connectivity index (χ0v) is 17.2. The fourth-order valence-electron chi connectivity index (χ4n) is 3.01. The number of amides is 1. The molecule has 0 aliphatic heterocycles. The normalized spacial score (nSPS) is 11.0. The first-order valence-corrected chi connectivity index (χ1v) is 10.4. The molecule has 0 aromatic heterocycles. The van der Waals surface area contributed by atoms with Gasteiger partial charge in [-0.1, -0.05) is 42.0 Å². The second-order valence-corrected chi connectivity index (χ2v) is 8.23. The zero-order chi connectivity index (χ0) is 21.0. The summed E-state index contributed by atoms with van der Waals surface area (Å²) in [5.74, 6) is 0.0580. The minimum Gasteiger partial charge on any atom is -0.495 e. The molecule has 0 saturated heterocycles. The van der Waals surface area contributed by atoms with E-state index in [2.05, 4.69) is 10.0 Å². The fraction of sp³-hybridized carbons (Fsp3) is 0.136. The third kappa shape index (κ3) is 4.57. The zero-order valence-electron chi connectivity index (χ0n) is 16.4. The van der Waals surface area contributed by atoms with Crippen LogP contribution in [0.3, 0.4) is 0 Å². The number of methoxy groups -OCH3 is 1. The Labute approximate surface area is 170 Å². The third-order valence-electron chi connectivity index (χ3n) is 4.39. The number of carbonyl (C=O) groups excluding carboxylic acids is 1. The van der Waals surface area contributed by atoms with Crippen molar-refractivity contribution in [2.75, 3.05) is 17.1 Å². The highest BCUT2D eigenvalue weighted by atomic mass is 32.2. The number of nitrogens with one attached hydrogen (secondary N) is 2. The number of hydrogen-bond acceptors (Lipinski definition) is 4. The lowest BCUT2D eigenvalue weighted by molar-refractivity contribution is 0.102. The highest BCUT2D eigenvalue weighted by Crippen LogP contribution is 2.26. The van der Waals surface area contributed by atoms with Crippen LogP contribution < -0.4 is 14.8 Å². The average molecular weight is 410 g/mol. The van der Waals surface area contributed by atoms with Crippen LogP contribution in [0.1, 0.15) is 21.5 Å². The van der Waals surface area contributed by atoms with E-state index in [9.17, 15) is 13.2 Å². The van der Waals surface area contributed by atoms with E-state index in [1.165, 1.54) is 7.11 Å². The first kappa shape index (κ1) is 20.4. The molecule has 0 fully saturated rings. The molecule has 2 N–H and O–H groups in total. The number of para-hydroxylation sites is 3. The van der Waals surface area contributed by atoms with Crippen LogP contribution >= 0.6 is 0 Å². The highest BCUT2D eigenvalue weighted by molar-refractivity contribution is 7.92. The van der Waals surface area contributed by atoms with Crippen molar-refractivity contribution in [1.29, 1.82) is 0 Å². The smallest absolute Gasteiger partial charge is 0.262 e. The van der Waals surface area contributed by atoms with Crippen molar-refractivity contribution >= 4 is 27.3 Å². The predicted molar refractivity (Wildman–Crippen MR) is 114 cm³/mol. The van der Waals surface area contributed by atoms with Gasteiger partial charge in [-0.15, -0.1) is 0 Å². The van der Waals surface area contributed by atoms with Crippen LogP contribution in [0.2, 0.25) is 0 Å². The van der Waals surface area contributed by atoms with Crippen LogP contribution in [0, 0.1) is 13.8 Å². The number of ether oxygens (including phenoxy) is 1. The number of hydrogen-bond donors (Lipinski definition) is 2. The molecular weight excluding hydrogens is 388 g/mol. The van der Waals surface area contributed by atoms with Gasteiger partial charge in [-0.3, -0.25) is 9.52 Å². The van der Waals surface area contributed by atoms with E-state index in [4.69, 9.17) is 4.74 Å². The molecule has 3 aromatic rings.